The Bertz CT molecular complexity index is 450. The molecule has 1 atom stereocenters. The predicted molar refractivity (Wildman–Crippen MR) is 84.3 cm³/mol. The first-order chi connectivity index (χ1) is 10.2. The van der Waals surface area contributed by atoms with E-state index in [1.165, 1.54) is 58.4 Å². The first-order valence-electron chi connectivity index (χ1n) is 8.52. The first-order valence-corrected chi connectivity index (χ1v) is 8.52. The number of hydrogen-bond donors (Lipinski definition) is 1. The molecule has 2 fully saturated rings. The maximum absolute atomic E-state index is 4.52. The van der Waals surface area contributed by atoms with Gasteiger partial charge in [-0.2, -0.15) is 5.10 Å². The zero-order valence-corrected chi connectivity index (χ0v) is 13.5. The molecule has 0 saturated carbocycles. The second-order valence-electron chi connectivity index (χ2n) is 6.85. The highest BCUT2D eigenvalue weighted by Crippen LogP contribution is 2.22. The molecule has 1 N–H and O–H groups in total. The van der Waals surface area contributed by atoms with Gasteiger partial charge >= 0.3 is 0 Å². The molecule has 0 radical (unpaired) electrons. The molecular weight excluding hydrogens is 262 g/mol. The SMILES string of the molecule is Cc1nc(C)n(CC2CCCN(CC3CCNCC3)C2)n1. The molecule has 0 aromatic carbocycles. The van der Waals surface area contributed by atoms with Crippen LogP contribution in [0.25, 0.3) is 0 Å². The third-order valence-electron chi connectivity index (χ3n) is 4.97. The summed E-state index contributed by atoms with van der Waals surface area (Å²) >= 11 is 0. The minimum atomic E-state index is 0.736. The van der Waals surface area contributed by atoms with Crippen molar-refractivity contribution < 1.29 is 0 Å². The largest absolute Gasteiger partial charge is 0.317 e. The molecule has 2 saturated heterocycles. The van der Waals surface area contributed by atoms with Crippen LogP contribution in [0.1, 0.15) is 37.3 Å². The molecule has 118 valence electrons. The van der Waals surface area contributed by atoms with Crippen molar-refractivity contribution >= 4 is 0 Å². The van der Waals surface area contributed by atoms with E-state index >= 15 is 0 Å². The highest BCUT2D eigenvalue weighted by molar-refractivity contribution is 4.88. The lowest BCUT2D eigenvalue weighted by Gasteiger charge is -2.36. The van der Waals surface area contributed by atoms with Gasteiger partial charge in [0.1, 0.15) is 11.6 Å². The summed E-state index contributed by atoms with van der Waals surface area (Å²) in [5.74, 6) is 3.60. The van der Waals surface area contributed by atoms with Gasteiger partial charge < -0.3 is 10.2 Å². The molecule has 0 bridgehead atoms. The van der Waals surface area contributed by atoms with Gasteiger partial charge in [0.15, 0.2) is 0 Å². The molecule has 1 unspecified atom stereocenters. The fraction of sp³-hybridized carbons (Fsp3) is 0.875. The highest BCUT2D eigenvalue weighted by atomic mass is 15.3. The highest BCUT2D eigenvalue weighted by Gasteiger charge is 2.24. The molecule has 3 heterocycles. The van der Waals surface area contributed by atoms with Crippen molar-refractivity contribution in [2.45, 2.75) is 46.1 Å². The van der Waals surface area contributed by atoms with Gasteiger partial charge in [0.05, 0.1) is 0 Å². The monoisotopic (exact) mass is 291 g/mol. The average molecular weight is 291 g/mol. The van der Waals surface area contributed by atoms with E-state index < -0.39 is 0 Å². The third kappa shape index (κ3) is 4.04. The summed E-state index contributed by atoms with van der Waals surface area (Å²) in [6.07, 6.45) is 5.37. The Morgan fingerprint density at radius 2 is 1.90 bits per heavy atom. The molecule has 5 nitrogen and oxygen atoms in total. The summed E-state index contributed by atoms with van der Waals surface area (Å²) in [6, 6.07) is 0. The number of nitrogens with one attached hydrogen (secondary N) is 1. The minimum absolute atomic E-state index is 0.736. The number of hydrogen-bond acceptors (Lipinski definition) is 4. The van der Waals surface area contributed by atoms with E-state index in [2.05, 4.69) is 31.9 Å². The zero-order chi connectivity index (χ0) is 14.7. The molecule has 0 amide bonds. The van der Waals surface area contributed by atoms with E-state index in [1.54, 1.807) is 0 Å². The van der Waals surface area contributed by atoms with Gasteiger partial charge in [-0.3, -0.25) is 0 Å². The van der Waals surface area contributed by atoms with Crippen molar-refractivity contribution in [2.24, 2.45) is 11.8 Å². The summed E-state index contributed by atoms with van der Waals surface area (Å²) in [7, 11) is 0. The van der Waals surface area contributed by atoms with Crippen LogP contribution in [-0.4, -0.2) is 52.4 Å². The lowest BCUT2D eigenvalue weighted by Crippen LogP contribution is -2.42. The molecule has 2 aliphatic rings. The van der Waals surface area contributed by atoms with Gasteiger partial charge in [-0.05, 0) is 71.0 Å². The van der Waals surface area contributed by atoms with E-state index in [0.29, 0.717) is 0 Å². The summed E-state index contributed by atoms with van der Waals surface area (Å²) in [5.41, 5.74) is 0. The fourth-order valence-corrected chi connectivity index (χ4v) is 3.87. The summed E-state index contributed by atoms with van der Waals surface area (Å²) in [6.45, 7) is 11.3. The Kier molecular flexibility index (Phi) is 4.91. The smallest absolute Gasteiger partial charge is 0.147 e. The van der Waals surface area contributed by atoms with Crippen LogP contribution in [0.4, 0.5) is 0 Å². The quantitative estimate of drug-likeness (QED) is 0.915. The number of aryl methyl sites for hydroxylation is 2. The van der Waals surface area contributed by atoms with Gasteiger partial charge in [0.2, 0.25) is 0 Å². The first kappa shape index (κ1) is 15.0. The van der Waals surface area contributed by atoms with Gasteiger partial charge in [-0.25, -0.2) is 9.67 Å². The molecular formula is C16H29N5. The van der Waals surface area contributed by atoms with Crippen LogP contribution in [0.3, 0.4) is 0 Å². The van der Waals surface area contributed by atoms with Gasteiger partial charge in [0.25, 0.3) is 0 Å². The molecule has 5 heteroatoms. The van der Waals surface area contributed by atoms with Crippen molar-refractivity contribution in [3.63, 3.8) is 0 Å². The molecule has 1 aromatic heterocycles. The van der Waals surface area contributed by atoms with Gasteiger partial charge in [-0.15, -0.1) is 0 Å². The number of nitrogens with zero attached hydrogens (tertiary/aromatic N) is 4. The summed E-state index contributed by atoms with van der Waals surface area (Å²) in [5, 5.41) is 7.99. The molecule has 0 aliphatic carbocycles. The van der Waals surface area contributed by atoms with E-state index in [9.17, 15) is 0 Å². The topological polar surface area (TPSA) is 46.0 Å². The summed E-state index contributed by atoms with van der Waals surface area (Å²) < 4.78 is 2.11. The molecule has 2 aliphatic heterocycles. The lowest BCUT2D eigenvalue weighted by atomic mass is 9.93. The Labute approximate surface area is 128 Å². The Hall–Kier alpha value is -0.940. The Morgan fingerprint density at radius 1 is 1.10 bits per heavy atom. The molecule has 0 spiro atoms. The van der Waals surface area contributed by atoms with E-state index in [4.69, 9.17) is 0 Å². The van der Waals surface area contributed by atoms with E-state index in [0.717, 1.165) is 30.0 Å². The second-order valence-corrected chi connectivity index (χ2v) is 6.85. The fourth-order valence-electron chi connectivity index (χ4n) is 3.87. The van der Waals surface area contributed by atoms with Crippen molar-refractivity contribution in [1.29, 1.82) is 0 Å². The van der Waals surface area contributed by atoms with Gasteiger partial charge in [0, 0.05) is 19.6 Å². The van der Waals surface area contributed by atoms with Crippen molar-refractivity contribution in [1.82, 2.24) is 25.0 Å². The van der Waals surface area contributed by atoms with Crippen molar-refractivity contribution in [2.75, 3.05) is 32.7 Å². The average Bonchev–Trinajstić information content (AvgIpc) is 2.78. The van der Waals surface area contributed by atoms with Gasteiger partial charge in [-0.1, -0.05) is 0 Å². The Morgan fingerprint density at radius 3 is 2.62 bits per heavy atom. The minimum Gasteiger partial charge on any atom is -0.317 e. The van der Waals surface area contributed by atoms with E-state index in [1.807, 2.05) is 6.92 Å². The van der Waals surface area contributed by atoms with Crippen LogP contribution < -0.4 is 5.32 Å². The lowest BCUT2D eigenvalue weighted by molar-refractivity contribution is 0.129. The number of likely N-dealkylation sites (tertiary alicyclic amines) is 1. The Balaban J connectivity index is 1.51. The maximum atomic E-state index is 4.52. The molecule has 21 heavy (non-hydrogen) atoms. The van der Waals surface area contributed by atoms with Crippen LogP contribution in [0, 0.1) is 25.7 Å². The second kappa shape index (κ2) is 6.88. The number of piperidine rings is 2. The molecule has 3 rings (SSSR count). The zero-order valence-electron chi connectivity index (χ0n) is 13.5. The van der Waals surface area contributed by atoms with Crippen LogP contribution >= 0.6 is 0 Å². The van der Waals surface area contributed by atoms with Crippen LogP contribution in [0.2, 0.25) is 0 Å². The standard InChI is InChI=1S/C16H29N5/c1-13-18-14(2)21(19-13)12-16-4-3-9-20(11-16)10-15-5-7-17-8-6-15/h15-17H,3-12H2,1-2H3. The van der Waals surface area contributed by atoms with Crippen molar-refractivity contribution in [3.8, 4) is 0 Å². The molecule has 1 aromatic rings. The number of aromatic nitrogens is 3. The van der Waals surface area contributed by atoms with E-state index in [-0.39, 0.29) is 0 Å². The van der Waals surface area contributed by atoms with Crippen LogP contribution in [0.5, 0.6) is 0 Å². The normalized spacial score (nSPS) is 25.3. The third-order valence-corrected chi connectivity index (χ3v) is 4.97. The van der Waals surface area contributed by atoms with Crippen molar-refractivity contribution in [3.05, 3.63) is 11.6 Å². The summed E-state index contributed by atoms with van der Waals surface area (Å²) in [4.78, 5) is 7.12. The van der Waals surface area contributed by atoms with Crippen LogP contribution in [0.15, 0.2) is 0 Å². The predicted octanol–water partition coefficient (Wildman–Crippen LogP) is 1.61. The number of rotatable bonds is 4. The van der Waals surface area contributed by atoms with Crippen LogP contribution in [-0.2, 0) is 6.54 Å². The maximum Gasteiger partial charge on any atom is 0.147 e.